The molecule has 0 atom stereocenters. The van der Waals surface area contributed by atoms with Crippen LogP contribution in [0.5, 0.6) is 11.5 Å². The monoisotopic (exact) mass is 338 g/mol. The second-order valence-corrected chi connectivity index (χ2v) is 5.26. The zero-order valence-electron chi connectivity index (χ0n) is 13.1. The van der Waals surface area contributed by atoms with E-state index in [0.29, 0.717) is 11.3 Å². The number of phenols is 1. The van der Waals surface area contributed by atoms with Crippen LogP contribution in [-0.2, 0) is 4.79 Å². The number of hydrogen-bond donors (Lipinski definition) is 2. The van der Waals surface area contributed by atoms with Gasteiger partial charge in [-0.3, -0.25) is 4.79 Å². The van der Waals surface area contributed by atoms with Crippen LogP contribution in [-0.4, -0.2) is 23.8 Å². The zero-order valence-corrected chi connectivity index (χ0v) is 13.1. The van der Waals surface area contributed by atoms with Crippen LogP contribution in [0.2, 0.25) is 0 Å². The Kier molecular flexibility index (Phi) is 4.89. The van der Waals surface area contributed by atoms with Crippen molar-refractivity contribution in [2.45, 2.75) is 0 Å². The summed E-state index contributed by atoms with van der Waals surface area (Å²) in [5.74, 6) is -0.400. The molecule has 0 spiro atoms. The average Bonchev–Trinajstić information content (AvgIpc) is 2.63. The van der Waals surface area contributed by atoms with Crippen LogP contribution in [0.4, 0.5) is 4.39 Å². The minimum Gasteiger partial charge on any atom is -0.507 e. The molecule has 0 aliphatic carbocycles. The Bertz CT molecular complexity index is 924. The third kappa shape index (κ3) is 4.11. The molecule has 1 amide bonds. The second-order valence-electron chi connectivity index (χ2n) is 5.26. The van der Waals surface area contributed by atoms with E-state index in [1.807, 2.05) is 24.3 Å². The standard InChI is InChI=1S/C19H15FN2O3/c20-14-6-8-15(9-7-14)25-12-19(24)22-21-11-17-16-4-2-1-3-13(16)5-10-18(17)23/h1-11,23H,12H2,(H,22,24). The van der Waals surface area contributed by atoms with Crippen LogP contribution in [0.3, 0.4) is 0 Å². The number of aromatic hydroxyl groups is 1. The number of hydrazone groups is 1. The lowest BCUT2D eigenvalue weighted by Gasteiger charge is -2.06. The van der Waals surface area contributed by atoms with Gasteiger partial charge in [-0.25, -0.2) is 9.82 Å². The lowest BCUT2D eigenvalue weighted by atomic mass is 10.0. The molecule has 126 valence electrons. The molecule has 0 radical (unpaired) electrons. The third-order valence-electron chi connectivity index (χ3n) is 3.51. The van der Waals surface area contributed by atoms with Gasteiger partial charge in [-0.05, 0) is 41.1 Å². The number of carbonyl (C=O) groups is 1. The Morgan fingerprint density at radius 1 is 1.12 bits per heavy atom. The van der Waals surface area contributed by atoms with Gasteiger partial charge in [0, 0.05) is 5.56 Å². The molecule has 0 heterocycles. The fourth-order valence-electron chi connectivity index (χ4n) is 2.30. The van der Waals surface area contributed by atoms with Crippen LogP contribution in [0.15, 0.2) is 65.8 Å². The predicted octanol–water partition coefficient (Wildman–Crippen LogP) is 3.21. The van der Waals surface area contributed by atoms with E-state index in [9.17, 15) is 14.3 Å². The summed E-state index contributed by atoms with van der Waals surface area (Å²) in [6.07, 6.45) is 1.38. The normalized spacial score (nSPS) is 10.9. The zero-order chi connectivity index (χ0) is 17.6. The molecule has 0 bridgehead atoms. The number of nitrogens with zero attached hydrogens (tertiary/aromatic N) is 1. The molecule has 0 aliphatic heterocycles. The summed E-state index contributed by atoms with van der Waals surface area (Å²) in [4.78, 5) is 11.7. The van der Waals surface area contributed by atoms with E-state index in [2.05, 4.69) is 10.5 Å². The fourth-order valence-corrected chi connectivity index (χ4v) is 2.30. The molecule has 0 fully saturated rings. The number of halogens is 1. The first kappa shape index (κ1) is 16.4. The fraction of sp³-hybridized carbons (Fsp3) is 0.0526. The molecule has 3 aromatic rings. The summed E-state index contributed by atoms with van der Waals surface area (Å²) < 4.78 is 18.0. The van der Waals surface area contributed by atoms with Crippen molar-refractivity contribution in [1.82, 2.24) is 5.43 Å². The van der Waals surface area contributed by atoms with Gasteiger partial charge in [-0.1, -0.05) is 30.3 Å². The number of rotatable bonds is 5. The number of phenolic OH excluding ortho intramolecular Hbond substituents is 1. The van der Waals surface area contributed by atoms with Crippen molar-refractivity contribution in [3.63, 3.8) is 0 Å². The minimum atomic E-state index is -0.472. The molecule has 3 rings (SSSR count). The number of fused-ring (bicyclic) bond motifs is 1. The SMILES string of the molecule is O=C(COc1ccc(F)cc1)NN=Cc1c(O)ccc2ccccc12. The van der Waals surface area contributed by atoms with Crippen LogP contribution in [0, 0.1) is 5.82 Å². The molecule has 0 aromatic heterocycles. The highest BCUT2D eigenvalue weighted by atomic mass is 19.1. The first-order chi connectivity index (χ1) is 12.1. The lowest BCUT2D eigenvalue weighted by molar-refractivity contribution is -0.123. The van der Waals surface area contributed by atoms with Gasteiger partial charge in [-0.15, -0.1) is 0 Å². The lowest BCUT2D eigenvalue weighted by Crippen LogP contribution is -2.24. The quantitative estimate of drug-likeness (QED) is 0.554. The molecule has 3 aromatic carbocycles. The number of amides is 1. The Morgan fingerprint density at radius 2 is 1.88 bits per heavy atom. The predicted molar refractivity (Wildman–Crippen MR) is 93.2 cm³/mol. The maximum absolute atomic E-state index is 12.8. The smallest absolute Gasteiger partial charge is 0.277 e. The highest BCUT2D eigenvalue weighted by Gasteiger charge is 2.05. The molecular weight excluding hydrogens is 323 g/mol. The van der Waals surface area contributed by atoms with E-state index in [4.69, 9.17) is 4.74 Å². The summed E-state index contributed by atoms with van der Waals surface area (Å²) >= 11 is 0. The van der Waals surface area contributed by atoms with E-state index < -0.39 is 5.91 Å². The maximum Gasteiger partial charge on any atom is 0.277 e. The van der Waals surface area contributed by atoms with Crippen molar-refractivity contribution in [2.24, 2.45) is 5.10 Å². The molecule has 25 heavy (non-hydrogen) atoms. The number of nitrogens with one attached hydrogen (secondary N) is 1. The molecule has 2 N–H and O–H groups in total. The molecule has 0 unspecified atom stereocenters. The molecule has 0 saturated carbocycles. The van der Waals surface area contributed by atoms with Gasteiger partial charge in [0.15, 0.2) is 6.61 Å². The molecule has 6 heteroatoms. The average molecular weight is 338 g/mol. The van der Waals surface area contributed by atoms with Crippen molar-refractivity contribution < 1.29 is 19.0 Å². The summed E-state index contributed by atoms with van der Waals surface area (Å²) in [7, 11) is 0. The molecular formula is C19H15FN2O3. The number of carbonyl (C=O) groups excluding carboxylic acids is 1. The topological polar surface area (TPSA) is 70.9 Å². The van der Waals surface area contributed by atoms with Gasteiger partial charge in [0.1, 0.15) is 17.3 Å². The summed E-state index contributed by atoms with van der Waals surface area (Å²) in [5, 5.41) is 15.6. The summed E-state index contributed by atoms with van der Waals surface area (Å²) in [6, 6.07) is 16.3. The van der Waals surface area contributed by atoms with Crippen molar-refractivity contribution in [3.05, 3.63) is 72.0 Å². The van der Waals surface area contributed by atoms with Gasteiger partial charge in [-0.2, -0.15) is 5.10 Å². The van der Waals surface area contributed by atoms with Crippen molar-refractivity contribution in [2.75, 3.05) is 6.61 Å². The van der Waals surface area contributed by atoms with Crippen molar-refractivity contribution in [1.29, 1.82) is 0 Å². The molecule has 5 nitrogen and oxygen atoms in total. The number of ether oxygens (including phenoxy) is 1. The Balaban J connectivity index is 1.62. The Morgan fingerprint density at radius 3 is 2.68 bits per heavy atom. The Hall–Kier alpha value is -3.41. The number of benzene rings is 3. The van der Waals surface area contributed by atoms with Gasteiger partial charge >= 0.3 is 0 Å². The van der Waals surface area contributed by atoms with Crippen LogP contribution < -0.4 is 10.2 Å². The van der Waals surface area contributed by atoms with Crippen LogP contribution >= 0.6 is 0 Å². The largest absolute Gasteiger partial charge is 0.507 e. The highest BCUT2D eigenvalue weighted by Crippen LogP contribution is 2.25. The second kappa shape index (κ2) is 7.44. The van der Waals surface area contributed by atoms with Crippen molar-refractivity contribution in [3.8, 4) is 11.5 Å². The number of hydrogen-bond acceptors (Lipinski definition) is 4. The van der Waals surface area contributed by atoms with Crippen LogP contribution in [0.25, 0.3) is 10.8 Å². The van der Waals surface area contributed by atoms with Gasteiger partial charge in [0.05, 0.1) is 6.21 Å². The van der Waals surface area contributed by atoms with E-state index in [1.54, 1.807) is 12.1 Å². The van der Waals surface area contributed by atoms with E-state index >= 15 is 0 Å². The maximum atomic E-state index is 12.8. The van der Waals surface area contributed by atoms with Gasteiger partial charge in [0.25, 0.3) is 5.91 Å². The van der Waals surface area contributed by atoms with E-state index in [-0.39, 0.29) is 18.2 Å². The van der Waals surface area contributed by atoms with E-state index in [0.717, 1.165) is 10.8 Å². The minimum absolute atomic E-state index is 0.0688. The van der Waals surface area contributed by atoms with Crippen molar-refractivity contribution >= 4 is 22.9 Å². The third-order valence-corrected chi connectivity index (χ3v) is 3.51. The van der Waals surface area contributed by atoms with Gasteiger partial charge in [0.2, 0.25) is 0 Å². The van der Waals surface area contributed by atoms with Gasteiger partial charge < -0.3 is 9.84 Å². The summed E-state index contributed by atoms with van der Waals surface area (Å²) in [6.45, 7) is -0.259. The van der Waals surface area contributed by atoms with Crippen LogP contribution in [0.1, 0.15) is 5.56 Å². The first-order valence-corrected chi connectivity index (χ1v) is 7.54. The first-order valence-electron chi connectivity index (χ1n) is 7.54. The molecule has 0 saturated heterocycles. The Labute approximate surface area is 143 Å². The highest BCUT2D eigenvalue weighted by molar-refractivity contribution is 6.02. The van der Waals surface area contributed by atoms with E-state index in [1.165, 1.54) is 30.5 Å². The molecule has 0 aliphatic rings. The summed E-state index contributed by atoms with van der Waals surface area (Å²) in [5.41, 5.74) is 2.84.